The van der Waals surface area contributed by atoms with Crippen LogP contribution in [0.2, 0.25) is 0 Å². The summed E-state index contributed by atoms with van der Waals surface area (Å²) in [6.07, 6.45) is -2.90. The monoisotopic (exact) mass is 336 g/mol. The first-order valence-electron chi connectivity index (χ1n) is 6.58. The molecule has 0 bridgehead atoms. The normalized spacial score (nSPS) is 11.7. The van der Waals surface area contributed by atoms with Crippen LogP contribution in [0.3, 0.4) is 0 Å². The summed E-state index contributed by atoms with van der Waals surface area (Å²) in [5.74, 6) is 0.222. The molecule has 0 fully saturated rings. The van der Waals surface area contributed by atoms with Crippen molar-refractivity contribution in [3.63, 3.8) is 0 Å². The van der Waals surface area contributed by atoms with Gasteiger partial charge in [0.2, 0.25) is 0 Å². The van der Waals surface area contributed by atoms with E-state index in [1.54, 1.807) is 19.1 Å². The molecule has 0 radical (unpaired) electrons. The average molecular weight is 336 g/mol. The number of nitrogen functional groups attached to an aromatic ring is 1. The number of hydrogen-bond donors (Lipinski definition) is 1. The molecule has 0 aliphatic carbocycles. The molecule has 118 valence electrons. The minimum atomic E-state index is -4.41. The second-order valence-corrected chi connectivity index (χ2v) is 5.84. The first-order chi connectivity index (χ1) is 10.8. The molecule has 0 saturated carbocycles. The molecular formula is C15H11F3N4S. The van der Waals surface area contributed by atoms with Gasteiger partial charge >= 0.3 is 6.18 Å². The SMILES string of the molecule is Cc1nc(N)sc1-c1ccnc(-c2cccc(C(F)(F)F)c2)n1. The Morgan fingerprint density at radius 1 is 1.13 bits per heavy atom. The van der Waals surface area contributed by atoms with Crippen molar-refractivity contribution in [2.45, 2.75) is 13.1 Å². The van der Waals surface area contributed by atoms with Gasteiger partial charge in [-0.1, -0.05) is 23.5 Å². The number of rotatable bonds is 2. The molecule has 0 unspecified atom stereocenters. The highest BCUT2D eigenvalue weighted by molar-refractivity contribution is 7.18. The number of nitrogens with zero attached hydrogens (tertiary/aromatic N) is 3. The van der Waals surface area contributed by atoms with Crippen molar-refractivity contribution >= 4 is 16.5 Å². The van der Waals surface area contributed by atoms with E-state index in [0.717, 1.165) is 22.7 Å². The van der Waals surface area contributed by atoms with Gasteiger partial charge in [-0.25, -0.2) is 15.0 Å². The molecule has 0 atom stereocenters. The largest absolute Gasteiger partial charge is 0.416 e. The Morgan fingerprint density at radius 2 is 1.91 bits per heavy atom. The Hall–Kier alpha value is -2.48. The van der Waals surface area contributed by atoms with Crippen molar-refractivity contribution in [2.24, 2.45) is 0 Å². The second kappa shape index (κ2) is 5.62. The van der Waals surface area contributed by atoms with E-state index in [0.29, 0.717) is 16.4 Å². The summed E-state index contributed by atoms with van der Waals surface area (Å²) < 4.78 is 38.5. The summed E-state index contributed by atoms with van der Waals surface area (Å²) in [7, 11) is 0. The molecule has 4 nitrogen and oxygen atoms in total. The molecule has 2 N–H and O–H groups in total. The number of hydrogen-bond acceptors (Lipinski definition) is 5. The highest BCUT2D eigenvalue weighted by Gasteiger charge is 2.30. The topological polar surface area (TPSA) is 64.7 Å². The Morgan fingerprint density at radius 3 is 2.57 bits per heavy atom. The average Bonchev–Trinajstić information content (AvgIpc) is 2.85. The third-order valence-electron chi connectivity index (χ3n) is 3.15. The maximum Gasteiger partial charge on any atom is 0.416 e. The summed E-state index contributed by atoms with van der Waals surface area (Å²) in [6, 6.07) is 6.61. The van der Waals surface area contributed by atoms with Crippen molar-refractivity contribution < 1.29 is 13.2 Å². The fourth-order valence-electron chi connectivity index (χ4n) is 2.11. The van der Waals surface area contributed by atoms with E-state index in [4.69, 9.17) is 5.73 Å². The first-order valence-corrected chi connectivity index (χ1v) is 7.40. The van der Waals surface area contributed by atoms with Gasteiger partial charge in [0.25, 0.3) is 0 Å². The first kappa shape index (κ1) is 15.4. The fourth-order valence-corrected chi connectivity index (χ4v) is 2.92. The predicted molar refractivity (Wildman–Crippen MR) is 82.7 cm³/mol. The molecule has 0 amide bonds. The molecule has 8 heteroatoms. The van der Waals surface area contributed by atoms with Gasteiger partial charge in [-0.2, -0.15) is 13.2 Å². The highest BCUT2D eigenvalue weighted by Crippen LogP contribution is 2.33. The lowest BCUT2D eigenvalue weighted by molar-refractivity contribution is -0.137. The van der Waals surface area contributed by atoms with Crippen LogP contribution in [0.15, 0.2) is 36.5 Å². The number of thiazole rings is 1. The van der Waals surface area contributed by atoms with Crippen LogP contribution in [-0.4, -0.2) is 15.0 Å². The van der Waals surface area contributed by atoms with Crippen molar-refractivity contribution in [1.82, 2.24) is 15.0 Å². The van der Waals surface area contributed by atoms with Crippen LogP contribution >= 0.6 is 11.3 Å². The number of benzene rings is 1. The Labute approximate surface area is 133 Å². The summed E-state index contributed by atoms with van der Waals surface area (Å²) in [4.78, 5) is 13.3. The third-order valence-corrected chi connectivity index (χ3v) is 4.16. The molecule has 3 rings (SSSR count). The summed E-state index contributed by atoms with van der Waals surface area (Å²) in [5, 5.41) is 0.414. The van der Waals surface area contributed by atoms with E-state index < -0.39 is 11.7 Å². The number of halogens is 3. The minimum Gasteiger partial charge on any atom is -0.375 e. The van der Waals surface area contributed by atoms with Crippen LogP contribution in [-0.2, 0) is 6.18 Å². The highest BCUT2D eigenvalue weighted by atomic mass is 32.1. The van der Waals surface area contributed by atoms with Gasteiger partial charge < -0.3 is 5.73 Å². The van der Waals surface area contributed by atoms with E-state index in [2.05, 4.69) is 15.0 Å². The molecule has 0 spiro atoms. The van der Waals surface area contributed by atoms with Crippen LogP contribution in [0.4, 0.5) is 18.3 Å². The lowest BCUT2D eigenvalue weighted by Gasteiger charge is -2.08. The van der Waals surface area contributed by atoms with Gasteiger partial charge in [0.05, 0.1) is 21.8 Å². The zero-order chi connectivity index (χ0) is 16.6. The minimum absolute atomic E-state index is 0.222. The van der Waals surface area contributed by atoms with Gasteiger partial charge in [-0.05, 0) is 25.1 Å². The molecule has 0 saturated heterocycles. The number of alkyl halides is 3. The fraction of sp³-hybridized carbons (Fsp3) is 0.133. The zero-order valence-corrected chi connectivity index (χ0v) is 12.7. The maximum absolute atomic E-state index is 12.8. The van der Waals surface area contributed by atoms with Crippen LogP contribution < -0.4 is 5.73 Å². The van der Waals surface area contributed by atoms with E-state index in [9.17, 15) is 13.2 Å². The number of aryl methyl sites for hydroxylation is 1. The molecule has 0 aliphatic heterocycles. The lowest BCUT2D eigenvalue weighted by Crippen LogP contribution is -2.04. The maximum atomic E-state index is 12.8. The molecular weight excluding hydrogens is 325 g/mol. The van der Waals surface area contributed by atoms with E-state index in [1.807, 2.05) is 0 Å². The van der Waals surface area contributed by atoms with Crippen molar-refractivity contribution in [1.29, 1.82) is 0 Å². The molecule has 3 aromatic rings. The van der Waals surface area contributed by atoms with Gasteiger partial charge in [-0.3, -0.25) is 0 Å². The van der Waals surface area contributed by atoms with Gasteiger partial charge in [0, 0.05) is 11.8 Å². The van der Waals surface area contributed by atoms with Crippen molar-refractivity contribution in [3.8, 4) is 22.0 Å². The Kier molecular flexibility index (Phi) is 3.77. The summed E-state index contributed by atoms with van der Waals surface area (Å²) in [5.41, 5.74) is 6.55. The second-order valence-electron chi connectivity index (χ2n) is 4.81. The van der Waals surface area contributed by atoms with Gasteiger partial charge in [0.15, 0.2) is 11.0 Å². The van der Waals surface area contributed by atoms with Crippen molar-refractivity contribution in [2.75, 3.05) is 5.73 Å². The zero-order valence-electron chi connectivity index (χ0n) is 11.9. The standard InChI is InChI=1S/C15H11F3N4S/c1-8-12(23-14(19)21-8)11-5-6-20-13(22-11)9-3-2-4-10(7-9)15(16,17)18/h2-7H,1H3,(H2,19,21). The lowest BCUT2D eigenvalue weighted by atomic mass is 10.1. The molecule has 2 heterocycles. The smallest absolute Gasteiger partial charge is 0.375 e. The summed E-state index contributed by atoms with van der Waals surface area (Å²) >= 11 is 1.28. The van der Waals surface area contributed by atoms with Crippen LogP contribution in [0, 0.1) is 6.92 Å². The van der Waals surface area contributed by atoms with E-state index in [1.165, 1.54) is 23.6 Å². The van der Waals surface area contributed by atoms with Crippen LogP contribution in [0.25, 0.3) is 22.0 Å². The Balaban J connectivity index is 2.05. The van der Waals surface area contributed by atoms with E-state index in [-0.39, 0.29) is 5.82 Å². The summed E-state index contributed by atoms with van der Waals surface area (Å²) in [6.45, 7) is 1.80. The van der Waals surface area contributed by atoms with Gasteiger partial charge in [0.1, 0.15) is 0 Å². The van der Waals surface area contributed by atoms with Crippen LogP contribution in [0.1, 0.15) is 11.3 Å². The predicted octanol–water partition coefficient (Wildman–Crippen LogP) is 4.18. The number of nitrogens with two attached hydrogens (primary N) is 1. The van der Waals surface area contributed by atoms with Crippen LogP contribution in [0.5, 0.6) is 0 Å². The molecule has 23 heavy (non-hydrogen) atoms. The van der Waals surface area contributed by atoms with Crippen molar-refractivity contribution in [3.05, 3.63) is 47.8 Å². The number of anilines is 1. The molecule has 1 aromatic carbocycles. The van der Waals surface area contributed by atoms with Gasteiger partial charge in [-0.15, -0.1) is 0 Å². The molecule has 2 aromatic heterocycles. The molecule has 0 aliphatic rings. The quantitative estimate of drug-likeness (QED) is 0.762. The third kappa shape index (κ3) is 3.16. The number of aromatic nitrogens is 3. The van der Waals surface area contributed by atoms with E-state index >= 15 is 0 Å². The Bertz CT molecular complexity index is 858.